The van der Waals surface area contributed by atoms with Gasteiger partial charge in [-0.15, -0.1) is 0 Å². The molecule has 1 unspecified atom stereocenters. The summed E-state index contributed by atoms with van der Waals surface area (Å²) < 4.78 is 0. The molecular weight excluding hydrogens is 336 g/mol. The fraction of sp³-hybridized carbons (Fsp3) is 0.273. The number of nitrogen functional groups attached to an aromatic ring is 1. The highest BCUT2D eigenvalue weighted by Crippen LogP contribution is 2.33. The molecule has 5 nitrogen and oxygen atoms in total. The van der Waals surface area contributed by atoms with Gasteiger partial charge >= 0.3 is 0 Å². The van der Waals surface area contributed by atoms with Gasteiger partial charge in [0.15, 0.2) is 0 Å². The van der Waals surface area contributed by atoms with Crippen LogP contribution >= 0.6 is 0 Å². The lowest BCUT2D eigenvalue weighted by molar-refractivity contribution is 0.608. The molecule has 3 aromatic rings. The van der Waals surface area contributed by atoms with Gasteiger partial charge < -0.3 is 16.0 Å². The van der Waals surface area contributed by atoms with E-state index in [1.54, 1.807) is 0 Å². The summed E-state index contributed by atoms with van der Waals surface area (Å²) in [5.74, 6) is 0. The van der Waals surface area contributed by atoms with E-state index >= 15 is 0 Å². The van der Waals surface area contributed by atoms with Crippen LogP contribution in [0.3, 0.4) is 0 Å². The Labute approximate surface area is 158 Å². The van der Waals surface area contributed by atoms with E-state index < -0.39 is 5.41 Å². The van der Waals surface area contributed by atoms with Crippen LogP contribution in [0, 0.1) is 11.3 Å². The van der Waals surface area contributed by atoms with Crippen molar-refractivity contribution in [2.75, 3.05) is 18.1 Å². The van der Waals surface area contributed by atoms with Gasteiger partial charge in [0.25, 0.3) is 5.56 Å². The molecular formula is C22H24N4O. The first-order chi connectivity index (χ1) is 12.9. The van der Waals surface area contributed by atoms with Crippen LogP contribution in [-0.2, 0) is 18.3 Å². The van der Waals surface area contributed by atoms with Gasteiger partial charge in [0.1, 0.15) is 0 Å². The number of aromatic amines is 1. The van der Waals surface area contributed by atoms with Crippen molar-refractivity contribution < 1.29 is 0 Å². The maximum atomic E-state index is 12.2. The molecule has 0 bridgehead atoms. The number of para-hydroxylation sites is 1. The molecule has 138 valence electrons. The molecule has 0 radical (unpaired) electrons. The molecule has 4 N–H and O–H groups in total. The Balaban J connectivity index is 2.08. The van der Waals surface area contributed by atoms with E-state index in [1.165, 1.54) is 0 Å². The molecule has 2 aromatic carbocycles. The lowest BCUT2D eigenvalue weighted by Crippen LogP contribution is -2.24. The van der Waals surface area contributed by atoms with Crippen molar-refractivity contribution >= 4 is 22.3 Å². The Hall–Kier alpha value is -3.26. The van der Waals surface area contributed by atoms with Gasteiger partial charge in [-0.25, -0.2) is 0 Å². The Morgan fingerprint density at radius 3 is 2.67 bits per heavy atom. The van der Waals surface area contributed by atoms with Gasteiger partial charge in [0, 0.05) is 18.1 Å². The smallest absolute Gasteiger partial charge is 0.251 e. The minimum atomic E-state index is -0.756. The number of nitriles is 1. The zero-order chi connectivity index (χ0) is 19.6. The number of fused-ring (bicyclic) bond motifs is 1. The van der Waals surface area contributed by atoms with E-state index in [9.17, 15) is 10.1 Å². The largest absolute Gasteiger partial charge is 0.397 e. The van der Waals surface area contributed by atoms with Crippen molar-refractivity contribution in [3.63, 3.8) is 0 Å². The van der Waals surface area contributed by atoms with Gasteiger partial charge in [-0.3, -0.25) is 4.79 Å². The summed E-state index contributed by atoms with van der Waals surface area (Å²) in [5, 5.41) is 14.1. The van der Waals surface area contributed by atoms with Gasteiger partial charge in [-0.05, 0) is 54.5 Å². The van der Waals surface area contributed by atoms with Crippen LogP contribution in [0.4, 0.5) is 11.4 Å². The van der Waals surface area contributed by atoms with Gasteiger partial charge in [0.2, 0.25) is 0 Å². The zero-order valence-electron chi connectivity index (χ0n) is 15.9. The fourth-order valence-corrected chi connectivity index (χ4v) is 3.51. The summed E-state index contributed by atoms with van der Waals surface area (Å²) in [4.78, 5) is 15.1. The first-order valence-corrected chi connectivity index (χ1v) is 9.04. The van der Waals surface area contributed by atoms with Gasteiger partial charge in [-0.1, -0.05) is 31.2 Å². The molecule has 27 heavy (non-hydrogen) atoms. The van der Waals surface area contributed by atoms with Crippen LogP contribution < -0.4 is 16.6 Å². The SMILES string of the molecule is CCc1cc2ccc(C(C)(C#N)Cc3cccc(N)c3NC)cc2[nH]c1=O. The highest BCUT2D eigenvalue weighted by molar-refractivity contribution is 5.80. The average Bonchev–Trinajstić information content (AvgIpc) is 2.67. The van der Waals surface area contributed by atoms with Crippen LogP contribution in [0.1, 0.15) is 30.5 Å². The molecule has 0 saturated carbocycles. The number of hydrogen-bond acceptors (Lipinski definition) is 4. The van der Waals surface area contributed by atoms with E-state index in [-0.39, 0.29) is 5.56 Å². The minimum Gasteiger partial charge on any atom is -0.397 e. The fourth-order valence-electron chi connectivity index (χ4n) is 3.51. The van der Waals surface area contributed by atoms with Gasteiger partial charge in [0.05, 0.1) is 22.9 Å². The summed E-state index contributed by atoms with van der Waals surface area (Å²) >= 11 is 0. The summed E-state index contributed by atoms with van der Waals surface area (Å²) in [6, 6.07) is 15.9. The number of nitrogens with zero attached hydrogens (tertiary/aromatic N) is 1. The first-order valence-electron chi connectivity index (χ1n) is 9.04. The molecule has 0 fully saturated rings. The minimum absolute atomic E-state index is 0.0749. The zero-order valence-corrected chi connectivity index (χ0v) is 15.9. The second-order valence-corrected chi connectivity index (χ2v) is 7.03. The number of nitrogens with one attached hydrogen (secondary N) is 2. The van der Waals surface area contributed by atoms with Crippen LogP contribution in [-0.4, -0.2) is 12.0 Å². The standard InChI is InChI=1S/C22H24N4O/c1-4-14-10-15-8-9-17(11-19(15)26-21(14)27)22(2,13-23)12-16-6-5-7-18(24)20(16)25-3/h5-11,25H,4,12,24H2,1-3H3,(H,26,27). The molecule has 0 aliphatic rings. The molecule has 0 saturated heterocycles. The van der Waals surface area contributed by atoms with Crippen molar-refractivity contribution in [2.45, 2.75) is 32.1 Å². The summed E-state index contributed by atoms with van der Waals surface area (Å²) in [7, 11) is 1.82. The summed E-state index contributed by atoms with van der Waals surface area (Å²) in [6.07, 6.45) is 1.19. The lowest BCUT2D eigenvalue weighted by Gasteiger charge is -2.24. The monoisotopic (exact) mass is 360 g/mol. The summed E-state index contributed by atoms with van der Waals surface area (Å²) in [6.45, 7) is 3.87. The molecule has 3 rings (SSSR count). The number of anilines is 2. The second kappa shape index (κ2) is 7.16. The highest BCUT2D eigenvalue weighted by Gasteiger charge is 2.28. The average molecular weight is 360 g/mol. The normalized spacial score (nSPS) is 13.1. The van der Waals surface area contributed by atoms with Crippen molar-refractivity contribution in [1.29, 1.82) is 5.26 Å². The third kappa shape index (κ3) is 3.39. The maximum Gasteiger partial charge on any atom is 0.251 e. The van der Waals surface area contributed by atoms with Crippen LogP contribution in [0.15, 0.2) is 47.3 Å². The number of rotatable bonds is 5. The van der Waals surface area contributed by atoms with Crippen molar-refractivity contribution in [3.05, 3.63) is 69.5 Å². The number of nitrogens with two attached hydrogens (primary N) is 1. The van der Waals surface area contributed by atoms with E-state index in [0.29, 0.717) is 18.5 Å². The van der Waals surface area contributed by atoms with Crippen molar-refractivity contribution in [1.82, 2.24) is 4.98 Å². The Bertz CT molecular complexity index is 1090. The van der Waals surface area contributed by atoms with E-state index in [0.717, 1.165) is 33.3 Å². The molecule has 0 aliphatic heterocycles. The molecule has 0 aliphatic carbocycles. The van der Waals surface area contributed by atoms with Gasteiger partial charge in [-0.2, -0.15) is 5.26 Å². The lowest BCUT2D eigenvalue weighted by atomic mass is 9.78. The molecule has 5 heteroatoms. The van der Waals surface area contributed by atoms with Crippen molar-refractivity contribution in [2.24, 2.45) is 0 Å². The van der Waals surface area contributed by atoms with E-state index in [2.05, 4.69) is 16.4 Å². The second-order valence-electron chi connectivity index (χ2n) is 7.03. The van der Waals surface area contributed by atoms with Crippen LogP contribution in [0.2, 0.25) is 0 Å². The molecule has 1 atom stereocenters. The van der Waals surface area contributed by atoms with Crippen LogP contribution in [0.25, 0.3) is 10.9 Å². The summed E-state index contributed by atoms with van der Waals surface area (Å²) in [5.41, 5.74) is 10.1. The van der Waals surface area contributed by atoms with Crippen LogP contribution in [0.5, 0.6) is 0 Å². The van der Waals surface area contributed by atoms with E-state index in [4.69, 9.17) is 5.73 Å². The Kier molecular flexibility index (Phi) is 4.91. The predicted octanol–water partition coefficient (Wildman–Crippen LogP) is 3.74. The number of aromatic nitrogens is 1. The number of H-pyrrole nitrogens is 1. The third-order valence-corrected chi connectivity index (χ3v) is 5.16. The molecule has 1 aromatic heterocycles. The topological polar surface area (TPSA) is 94.7 Å². The number of aryl methyl sites for hydroxylation is 1. The number of benzene rings is 2. The maximum absolute atomic E-state index is 12.2. The first kappa shape index (κ1) is 18.5. The molecule has 1 heterocycles. The molecule has 0 amide bonds. The quantitative estimate of drug-likeness (QED) is 0.604. The van der Waals surface area contributed by atoms with Crippen molar-refractivity contribution in [3.8, 4) is 6.07 Å². The highest BCUT2D eigenvalue weighted by atomic mass is 16.1. The van der Waals surface area contributed by atoms with E-state index in [1.807, 2.05) is 63.4 Å². The number of hydrogen-bond donors (Lipinski definition) is 3. The Morgan fingerprint density at radius 1 is 1.22 bits per heavy atom. The predicted molar refractivity (Wildman–Crippen MR) is 111 cm³/mol. The number of pyridine rings is 1. The Morgan fingerprint density at radius 2 is 2.00 bits per heavy atom. The third-order valence-electron chi connectivity index (χ3n) is 5.16. The molecule has 0 spiro atoms.